The number of carbonyl (C=O) groups excluding carboxylic acids is 1. The van der Waals surface area contributed by atoms with E-state index in [0.717, 1.165) is 12.2 Å². The summed E-state index contributed by atoms with van der Waals surface area (Å²) in [5.74, 6) is -1.01. The molecule has 0 aromatic carbocycles. The van der Waals surface area contributed by atoms with Gasteiger partial charge < -0.3 is 10.2 Å². The Hall–Kier alpha value is -0.660. The topological polar surface area (TPSA) is 77.8 Å². The van der Waals surface area contributed by atoms with Crippen molar-refractivity contribution in [2.75, 3.05) is 5.75 Å². The quantitative estimate of drug-likeness (QED) is 0.743. The third kappa shape index (κ3) is 2.04. The van der Waals surface area contributed by atoms with Crippen molar-refractivity contribution < 1.29 is 19.8 Å². The highest BCUT2D eigenvalue weighted by Gasteiger charge is 2.57. The van der Waals surface area contributed by atoms with Gasteiger partial charge in [-0.15, -0.1) is 11.8 Å². The number of β-lactam (4-membered cyclic amide) rings is 1. The average Bonchev–Trinajstić information content (AvgIpc) is 2.60. The average molecular weight is 289 g/mol. The van der Waals surface area contributed by atoms with Crippen molar-refractivity contribution >= 4 is 35.4 Å². The summed E-state index contributed by atoms with van der Waals surface area (Å²) < 4.78 is 0.686. The highest BCUT2D eigenvalue weighted by Crippen LogP contribution is 2.53. The molecule has 5 nitrogen and oxygen atoms in total. The Bertz CT molecular complexity index is 421. The molecular formula is C11H15NO4S2. The fraction of sp³-hybridized carbons (Fsp3) is 0.636. The summed E-state index contributed by atoms with van der Waals surface area (Å²) in [6, 6.07) is 0. The van der Waals surface area contributed by atoms with E-state index in [1.54, 1.807) is 6.92 Å². The number of hydrogen-bond donors (Lipinski definition) is 2. The molecule has 0 aliphatic carbocycles. The van der Waals surface area contributed by atoms with E-state index in [1.807, 2.05) is 6.92 Å². The van der Waals surface area contributed by atoms with Crippen LogP contribution in [0.15, 0.2) is 9.93 Å². The summed E-state index contributed by atoms with van der Waals surface area (Å²) in [5.41, 5.74) is 0.0883. The van der Waals surface area contributed by atoms with Crippen LogP contribution < -0.4 is 0 Å². The molecule has 0 bridgehead atoms. The summed E-state index contributed by atoms with van der Waals surface area (Å²) in [5, 5.41) is 18.5. The number of aliphatic hydroxyl groups is 1. The summed E-state index contributed by atoms with van der Waals surface area (Å²) >= 11 is 2.85. The van der Waals surface area contributed by atoms with Gasteiger partial charge in [-0.1, -0.05) is 18.7 Å². The summed E-state index contributed by atoms with van der Waals surface area (Å²) in [6.07, 6.45) is 0.205. The van der Waals surface area contributed by atoms with Crippen molar-refractivity contribution in [3.63, 3.8) is 0 Å². The lowest BCUT2D eigenvalue weighted by molar-refractivity contribution is -0.156. The Morgan fingerprint density at radius 1 is 1.61 bits per heavy atom. The van der Waals surface area contributed by atoms with E-state index in [2.05, 4.69) is 0 Å². The van der Waals surface area contributed by atoms with E-state index in [9.17, 15) is 19.8 Å². The molecule has 1 amide bonds. The van der Waals surface area contributed by atoms with Crippen molar-refractivity contribution in [2.24, 2.45) is 5.92 Å². The van der Waals surface area contributed by atoms with Crippen molar-refractivity contribution in [1.82, 2.24) is 4.90 Å². The number of carbonyl (C=O) groups is 2. The summed E-state index contributed by atoms with van der Waals surface area (Å²) in [7, 11) is 0. The van der Waals surface area contributed by atoms with E-state index < -0.39 is 18.0 Å². The van der Waals surface area contributed by atoms with Gasteiger partial charge in [0, 0.05) is 0 Å². The van der Waals surface area contributed by atoms with Gasteiger partial charge in [-0.2, -0.15) is 0 Å². The summed E-state index contributed by atoms with van der Waals surface area (Å²) in [6.45, 7) is 3.59. The van der Waals surface area contributed by atoms with Crippen LogP contribution in [-0.4, -0.2) is 44.2 Å². The first-order chi connectivity index (χ1) is 8.49. The maximum Gasteiger partial charge on any atom is 0.354 e. The Kier molecular flexibility index (Phi) is 3.93. The SMILES string of the molecule is CCCSC1=C(C(=O)O)N2C(=O)[C@@H]([C@@H](C)O)[C@@H]2S1. The van der Waals surface area contributed by atoms with Gasteiger partial charge in [-0.3, -0.25) is 9.69 Å². The number of aliphatic hydroxyl groups excluding tert-OH is 1. The number of rotatable bonds is 5. The number of aliphatic carboxylic acids is 1. The third-order valence-corrected chi connectivity index (χ3v) is 5.77. The van der Waals surface area contributed by atoms with E-state index in [0.29, 0.717) is 4.24 Å². The molecule has 1 fully saturated rings. The smallest absolute Gasteiger partial charge is 0.354 e. The second kappa shape index (κ2) is 5.14. The largest absolute Gasteiger partial charge is 0.477 e. The van der Waals surface area contributed by atoms with Crippen molar-refractivity contribution in [3.05, 3.63) is 9.93 Å². The van der Waals surface area contributed by atoms with E-state index in [-0.39, 0.29) is 17.0 Å². The number of hydrogen-bond acceptors (Lipinski definition) is 5. The Balaban J connectivity index is 2.21. The molecule has 18 heavy (non-hydrogen) atoms. The van der Waals surface area contributed by atoms with Gasteiger partial charge in [0.1, 0.15) is 5.37 Å². The predicted octanol–water partition coefficient (Wildman–Crippen LogP) is 1.30. The van der Waals surface area contributed by atoms with Gasteiger partial charge in [0.2, 0.25) is 5.91 Å². The molecule has 0 saturated carbocycles. The maximum absolute atomic E-state index is 11.9. The molecule has 100 valence electrons. The van der Waals surface area contributed by atoms with Gasteiger partial charge in [0.25, 0.3) is 0 Å². The van der Waals surface area contributed by atoms with Crippen LogP contribution >= 0.6 is 23.5 Å². The lowest BCUT2D eigenvalue weighted by atomic mass is 9.92. The zero-order valence-corrected chi connectivity index (χ0v) is 11.8. The fourth-order valence-electron chi connectivity index (χ4n) is 2.05. The highest BCUT2D eigenvalue weighted by molar-refractivity contribution is 8.22. The van der Waals surface area contributed by atoms with Crippen molar-refractivity contribution in [1.29, 1.82) is 0 Å². The van der Waals surface area contributed by atoms with Crippen LogP contribution in [0.2, 0.25) is 0 Å². The maximum atomic E-state index is 11.9. The van der Waals surface area contributed by atoms with E-state index >= 15 is 0 Å². The number of fused-ring (bicyclic) bond motifs is 1. The van der Waals surface area contributed by atoms with E-state index in [1.165, 1.54) is 28.4 Å². The van der Waals surface area contributed by atoms with Crippen LogP contribution in [0, 0.1) is 5.92 Å². The normalized spacial score (nSPS) is 28.2. The monoisotopic (exact) mass is 289 g/mol. The van der Waals surface area contributed by atoms with Gasteiger partial charge in [0.05, 0.1) is 16.3 Å². The Labute approximate surface area is 114 Å². The molecular weight excluding hydrogens is 274 g/mol. The number of carboxylic acids is 1. The number of amides is 1. The van der Waals surface area contributed by atoms with Crippen LogP contribution in [0.4, 0.5) is 0 Å². The predicted molar refractivity (Wildman–Crippen MR) is 70.8 cm³/mol. The number of nitrogens with zero attached hydrogens (tertiary/aromatic N) is 1. The highest BCUT2D eigenvalue weighted by atomic mass is 32.2. The zero-order valence-electron chi connectivity index (χ0n) is 10.1. The molecule has 0 spiro atoms. The van der Waals surface area contributed by atoms with Crippen LogP contribution in [0.5, 0.6) is 0 Å². The Morgan fingerprint density at radius 3 is 2.78 bits per heavy atom. The second-order valence-corrected chi connectivity index (χ2v) is 6.76. The molecule has 2 aliphatic heterocycles. The molecule has 3 atom stereocenters. The minimum Gasteiger partial charge on any atom is -0.477 e. The molecule has 0 aromatic rings. The first kappa shape index (κ1) is 13.8. The van der Waals surface area contributed by atoms with Crippen LogP contribution in [0.3, 0.4) is 0 Å². The molecule has 2 rings (SSSR count). The lowest BCUT2D eigenvalue weighted by Gasteiger charge is -2.43. The molecule has 2 heterocycles. The lowest BCUT2D eigenvalue weighted by Crippen LogP contribution is -2.60. The minimum absolute atomic E-state index is 0.0883. The molecule has 0 radical (unpaired) electrons. The molecule has 1 saturated heterocycles. The molecule has 2 N–H and O–H groups in total. The van der Waals surface area contributed by atoms with Crippen LogP contribution in [0.1, 0.15) is 20.3 Å². The van der Waals surface area contributed by atoms with Gasteiger partial charge in [-0.05, 0) is 19.1 Å². The Morgan fingerprint density at radius 2 is 2.28 bits per heavy atom. The van der Waals surface area contributed by atoms with Crippen molar-refractivity contribution in [3.8, 4) is 0 Å². The molecule has 0 unspecified atom stereocenters. The molecule has 7 heteroatoms. The zero-order chi connectivity index (χ0) is 13.4. The first-order valence-electron chi connectivity index (χ1n) is 5.77. The summed E-state index contributed by atoms with van der Waals surface area (Å²) in [4.78, 5) is 24.4. The first-order valence-corrected chi connectivity index (χ1v) is 7.63. The van der Waals surface area contributed by atoms with Crippen LogP contribution in [0.25, 0.3) is 0 Å². The second-order valence-electron chi connectivity index (χ2n) is 4.27. The minimum atomic E-state index is -1.07. The van der Waals surface area contributed by atoms with Crippen molar-refractivity contribution in [2.45, 2.75) is 31.7 Å². The number of thioether (sulfide) groups is 2. The standard InChI is InChI=1S/C11H15NO4S2/c1-3-4-17-11-7(10(15)16)12-8(14)6(5(2)13)9(12)18-11/h5-6,9,13H,3-4H2,1-2H3,(H,15,16)/t5-,6-,9+/m1/s1. The van der Waals surface area contributed by atoms with Gasteiger partial charge in [-0.25, -0.2) is 4.79 Å². The third-order valence-electron chi connectivity index (χ3n) is 2.91. The molecule has 2 aliphatic rings. The van der Waals surface area contributed by atoms with E-state index in [4.69, 9.17) is 0 Å². The fourth-order valence-corrected chi connectivity index (χ4v) is 4.90. The van der Waals surface area contributed by atoms with Gasteiger partial charge >= 0.3 is 5.97 Å². The van der Waals surface area contributed by atoms with Crippen LogP contribution in [-0.2, 0) is 9.59 Å². The van der Waals surface area contributed by atoms with Gasteiger partial charge in [0.15, 0.2) is 5.70 Å². The molecule has 0 aromatic heterocycles. The number of carboxylic acid groups (broad SMARTS) is 1.